The minimum Gasteiger partial charge on any atom is -0.308 e. The second kappa shape index (κ2) is 5.73. The van der Waals surface area contributed by atoms with Crippen LogP contribution in [0.4, 0.5) is 8.78 Å². The van der Waals surface area contributed by atoms with Crippen LogP contribution >= 0.6 is 15.9 Å². The van der Waals surface area contributed by atoms with Crippen molar-refractivity contribution in [1.82, 2.24) is 5.32 Å². The van der Waals surface area contributed by atoms with E-state index >= 15 is 0 Å². The quantitative estimate of drug-likeness (QED) is 0.817. The van der Waals surface area contributed by atoms with Crippen molar-refractivity contribution in [2.24, 2.45) is 0 Å². The summed E-state index contributed by atoms with van der Waals surface area (Å²) < 4.78 is 26.2. The molecule has 0 saturated carbocycles. The first-order valence-electron chi connectivity index (χ1n) is 5.19. The maximum Gasteiger partial charge on any atom is 0.127 e. The molecule has 0 aromatic heterocycles. The highest BCUT2D eigenvalue weighted by Gasteiger charge is 2.16. The lowest BCUT2D eigenvalue weighted by Gasteiger charge is -2.25. The number of rotatable bonds is 5. The van der Waals surface area contributed by atoms with E-state index < -0.39 is 5.82 Å². The topological polar surface area (TPSA) is 12.0 Å². The Balaban J connectivity index is 2.63. The average molecular weight is 292 g/mol. The van der Waals surface area contributed by atoms with Gasteiger partial charge in [-0.05, 0) is 38.5 Å². The van der Waals surface area contributed by atoms with Gasteiger partial charge in [0.2, 0.25) is 0 Å². The van der Waals surface area contributed by atoms with Crippen molar-refractivity contribution in [1.29, 1.82) is 0 Å². The fourth-order valence-corrected chi connectivity index (χ4v) is 2.33. The van der Waals surface area contributed by atoms with Crippen LogP contribution in [0.5, 0.6) is 0 Å². The number of alkyl halides is 1. The van der Waals surface area contributed by atoms with Crippen LogP contribution in [0.3, 0.4) is 0 Å². The first kappa shape index (κ1) is 13.6. The van der Waals surface area contributed by atoms with Gasteiger partial charge in [-0.1, -0.05) is 15.9 Å². The third kappa shape index (κ3) is 4.18. The highest BCUT2D eigenvalue weighted by Crippen LogP contribution is 2.14. The first-order valence-corrected chi connectivity index (χ1v) is 6.32. The number of nitrogens with one attached hydrogen (secondary N) is 1. The molecule has 16 heavy (non-hydrogen) atoms. The van der Waals surface area contributed by atoms with Crippen LogP contribution in [-0.4, -0.2) is 10.9 Å². The average Bonchev–Trinajstić information content (AvgIpc) is 2.19. The SMILES string of the molecule is CC(C)(CCBr)NCc1cc(F)ccc1F. The van der Waals surface area contributed by atoms with Gasteiger partial charge in [-0.2, -0.15) is 0 Å². The molecule has 0 saturated heterocycles. The molecule has 0 aliphatic heterocycles. The summed E-state index contributed by atoms with van der Waals surface area (Å²) in [6, 6.07) is 3.51. The van der Waals surface area contributed by atoms with Crippen molar-refractivity contribution in [3.05, 3.63) is 35.4 Å². The Morgan fingerprint density at radius 2 is 2.00 bits per heavy atom. The maximum absolute atomic E-state index is 13.3. The number of hydrogen-bond donors (Lipinski definition) is 1. The molecule has 0 aliphatic carbocycles. The van der Waals surface area contributed by atoms with Crippen LogP contribution in [0, 0.1) is 11.6 Å². The molecule has 0 atom stereocenters. The standard InChI is InChI=1S/C12H16BrF2N/c1-12(2,5-6-13)16-8-9-7-10(14)3-4-11(9)15/h3-4,7,16H,5-6,8H2,1-2H3. The molecule has 0 fully saturated rings. The van der Waals surface area contributed by atoms with Crippen molar-refractivity contribution < 1.29 is 8.78 Å². The van der Waals surface area contributed by atoms with Crippen LogP contribution in [-0.2, 0) is 6.54 Å². The van der Waals surface area contributed by atoms with Crippen LogP contribution in [0.15, 0.2) is 18.2 Å². The summed E-state index contributed by atoms with van der Waals surface area (Å²) >= 11 is 3.36. The van der Waals surface area contributed by atoms with Gasteiger partial charge in [0.25, 0.3) is 0 Å². The van der Waals surface area contributed by atoms with E-state index in [2.05, 4.69) is 21.2 Å². The molecule has 1 rings (SSSR count). The molecule has 0 heterocycles. The van der Waals surface area contributed by atoms with Gasteiger partial charge in [0, 0.05) is 23.0 Å². The molecule has 90 valence electrons. The largest absolute Gasteiger partial charge is 0.308 e. The Hall–Kier alpha value is -0.480. The first-order chi connectivity index (χ1) is 7.44. The summed E-state index contributed by atoms with van der Waals surface area (Å²) in [7, 11) is 0. The van der Waals surface area contributed by atoms with Gasteiger partial charge in [-0.15, -0.1) is 0 Å². The van der Waals surface area contributed by atoms with E-state index in [-0.39, 0.29) is 11.4 Å². The zero-order valence-electron chi connectivity index (χ0n) is 9.49. The molecular formula is C12H16BrF2N. The van der Waals surface area contributed by atoms with Crippen molar-refractivity contribution in [2.75, 3.05) is 5.33 Å². The van der Waals surface area contributed by atoms with Gasteiger partial charge >= 0.3 is 0 Å². The Labute approximate surface area is 103 Å². The zero-order chi connectivity index (χ0) is 12.2. The van der Waals surface area contributed by atoms with Crippen LogP contribution < -0.4 is 5.32 Å². The van der Waals surface area contributed by atoms with Crippen LogP contribution in [0.25, 0.3) is 0 Å². The van der Waals surface area contributed by atoms with E-state index in [1.54, 1.807) is 0 Å². The predicted molar refractivity (Wildman–Crippen MR) is 65.7 cm³/mol. The second-order valence-corrected chi connectivity index (χ2v) is 5.21. The van der Waals surface area contributed by atoms with E-state index in [1.165, 1.54) is 6.07 Å². The maximum atomic E-state index is 13.3. The fraction of sp³-hybridized carbons (Fsp3) is 0.500. The normalized spacial score (nSPS) is 11.8. The number of hydrogen-bond acceptors (Lipinski definition) is 1. The minimum atomic E-state index is -0.406. The molecule has 0 radical (unpaired) electrons. The van der Waals surface area contributed by atoms with Crippen LogP contribution in [0.1, 0.15) is 25.8 Å². The molecule has 0 amide bonds. The lowest BCUT2D eigenvalue weighted by Crippen LogP contribution is -2.39. The van der Waals surface area contributed by atoms with E-state index in [4.69, 9.17) is 0 Å². The molecule has 1 aromatic carbocycles. The van der Waals surface area contributed by atoms with Crippen molar-refractivity contribution in [3.8, 4) is 0 Å². The smallest absolute Gasteiger partial charge is 0.127 e. The third-order valence-corrected chi connectivity index (χ3v) is 2.88. The van der Waals surface area contributed by atoms with E-state index in [1.807, 2.05) is 13.8 Å². The van der Waals surface area contributed by atoms with E-state index in [0.29, 0.717) is 12.1 Å². The molecule has 0 bridgehead atoms. The molecule has 1 N–H and O–H groups in total. The number of halogens is 3. The lowest BCUT2D eigenvalue weighted by atomic mass is 10.0. The molecule has 0 aliphatic rings. The second-order valence-electron chi connectivity index (χ2n) is 4.41. The van der Waals surface area contributed by atoms with Gasteiger partial charge in [-0.3, -0.25) is 0 Å². The number of benzene rings is 1. The van der Waals surface area contributed by atoms with Gasteiger partial charge in [0.1, 0.15) is 11.6 Å². The summed E-state index contributed by atoms with van der Waals surface area (Å²) in [5.41, 5.74) is 0.269. The monoisotopic (exact) mass is 291 g/mol. The summed E-state index contributed by atoms with van der Waals surface area (Å²) in [4.78, 5) is 0. The highest BCUT2D eigenvalue weighted by molar-refractivity contribution is 9.09. The van der Waals surface area contributed by atoms with Gasteiger partial charge in [-0.25, -0.2) is 8.78 Å². The third-order valence-electron chi connectivity index (χ3n) is 2.48. The molecule has 1 nitrogen and oxygen atoms in total. The summed E-state index contributed by atoms with van der Waals surface area (Å²) in [5, 5.41) is 4.08. The predicted octanol–water partition coefficient (Wildman–Crippen LogP) is 3.62. The Morgan fingerprint density at radius 1 is 1.31 bits per heavy atom. The minimum absolute atomic E-state index is 0.0950. The fourth-order valence-electron chi connectivity index (χ4n) is 1.34. The van der Waals surface area contributed by atoms with Crippen molar-refractivity contribution in [3.63, 3.8) is 0 Å². The summed E-state index contributed by atoms with van der Waals surface area (Å²) in [6.45, 7) is 4.40. The Kier molecular flexibility index (Phi) is 4.87. The van der Waals surface area contributed by atoms with Crippen molar-refractivity contribution in [2.45, 2.75) is 32.4 Å². The Bertz CT molecular complexity index is 353. The van der Waals surface area contributed by atoms with E-state index in [0.717, 1.165) is 23.9 Å². The van der Waals surface area contributed by atoms with Gasteiger partial charge in [0.15, 0.2) is 0 Å². The molecule has 1 aromatic rings. The molecule has 4 heteroatoms. The van der Waals surface area contributed by atoms with Crippen molar-refractivity contribution >= 4 is 15.9 Å². The molecule has 0 unspecified atom stereocenters. The highest BCUT2D eigenvalue weighted by atomic mass is 79.9. The summed E-state index contributed by atoms with van der Waals surface area (Å²) in [5.74, 6) is -0.778. The lowest BCUT2D eigenvalue weighted by molar-refractivity contribution is 0.374. The zero-order valence-corrected chi connectivity index (χ0v) is 11.1. The van der Waals surface area contributed by atoms with Crippen LogP contribution in [0.2, 0.25) is 0 Å². The van der Waals surface area contributed by atoms with E-state index in [9.17, 15) is 8.78 Å². The summed E-state index contributed by atoms with van der Waals surface area (Å²) in [6.07, 6.45) is 0.921. The van der Waals surface area contributed by atoms with Gasteiger partial charge in [0.05, 0.1) is 0 Å². The molecule has 0 spiro atoms. The van der Waals surface area contributed by atoms with Gasteiger partial charge < -0.3 is 5.32 Å². The Morgan fingerprint density at radius 3 is 2.62 bits per heavy atom. The molecular weight excluding hydrogens is 276 g/mol.